The summed E-state index contributed by atoms with van der Waals surface area (Å²) in [5.74, 6) is -5.73. The lowest BCUT2D eigenvalue weighted by Gasteiger charge is -2.30. The third kappa shape index (κ3) is 4.30. The number of aliphatic hydroxyl groups is 1. The van der Waals surface area contributed by atoms with Crippen molar-refractivity contribution in [3.63, 3.8) is 0 Å². The van der Waals surface area contributed by atoms with E-state index in [-0.39, 0.29) is 5.75 Å². The second-order valence-electron chi connectivity index (χ2n) is 5.19. The van der Waals surface area contributed by atoms with Gasteiger partial charge >= 0.3 is 17.9 Å². The molecule has 0 bridgehead atoms. The molecule has 26 heavy (non-hydrogen) atoms. The fourth-order valence-corrected chi connectivity index (χ4v) is 2.07. The molecule has 0 saturated heterocycles. The lowest BCUT2D eigenvalue weighted by Crippen LogP contribution is -2.48. The molecule has 1 aromatic carbocycles. The number of carboxylic acid groups (broad SMARTS) is 2. The van der Waals surface area contributed by atoms with Gasteiger partial charge in [-0.15, -0.1) is 0 Å². The molecule has 1 aliphatic heterocycles. The van der Waals surface area contributed by atoms with E-state index in [0.717, 1.165) is 12.2 Å². The Bertz CT molecular complexity index is 794. The number of carbonyl (C=O) groups is 3. The van der Waals surface area contributed by atoms with Crippen LogP contribution in [-0.2, 0) is 23.9 Å². The number of phenols is 2. The van der Waals surface area contributed by atoms with Gasteiger partial charge in [-0.3, -0.25) is 0 Å². The molecule has 3 atom stereocenters. The zero-order valence-electron chi connectivity index (χ0n) is 13.0. The Balaban J connectivity index is 2.13. The van der Waals surface area contributed by atoms with Gasteiger partial charge in [-0.1, -0.05) is 6.07 Å². The number of rotatable bonds is 5. The molecule has 1 heterocycles. The van der Waals surface area contributed by atoms with Crippen LogP contribution in [0.4, 0.5) is 0 Å². The largest absolute Gasteiger partial charge is 0.504 e. The molecule has 0 spiro atoms. The minimum atomic E-state index is -1.91. The maximum atomic E-state index is 11.8. The van der Waals surface area contributed by atoms with Crippen LogP contribution in [0.3, 0.4) is 0 Å². The van der Waals surface area contributed by atoms with Gasteiger partial charge in [0.05, 0.1) is 0 Å². The molecule has 2 rings (SSSR count). The minimum absolute atomic E-state index is 0.343. The summed E-state index contributed by atoms with van der Waals surface area (Å²) in [5.41, 5.74) is 0.343. The first-order valence-corrected chi connectivity index (χ1v) is 7.12. The highest BCUT2D eigenvalue weighted by molar-refractivity contribution is 5.88. The molecule has 0 unspecified atom stereocenters. The van der Waals surface area contributed by atoms with Crippen molar-refractivity contribution in [1.29, 1.82) is 0 Å². The fraction of sp³-hybridized carbons (Fsp3) is 0.188. The molecular weight excluding hydrogens is 352 g/mol. The van der Waals surface area contributed by atoms with E-state index in [9.17, 15) is 29.7 Å². The SMILES string of the molecule is O=C(/C=C/c1ccc(O)c(O)c1)O[C@@H]1C=C(C(=O)O)O[C@H](C(=O)O)[C@H]1O. The molecule has 138 valence electrons. The number of benzene rings is 1. The fourth-order valence-electron chi connectivity index (χ4n) is 2.07. The molecular formula is C16H14O10. The van der Waals surface area contributed by atoms with E-state index >= 15 is 0 Å². The number of aromatic hydroxyl groups is 2. The van der Waals surface area contributed by atoms with E-state index < -0.39 is 47.7 Å². The number of carbonyl (C=O) groups excluding carboxylic acids is 1. The zero-order chi connectivity index (χ0) is 19.4. The van der Waals surface area contributed by atoms with Gasteiger partial charge in [-0.25, -0.2) is 14.4 Å². The highest BCUT2D eigenvalue weighted by Crippen LogP contribution is 2.25. The summed E-state index contributed by atoms with van der Waals surface area (Å²) in [5, 5.41) is 46.3. The number of hydrogen-bond donors (Lipinski definition) is 5. The quantitative estimate of drug-likeness (QED) is 0.268. The van der Waals surface area contributed by atoms with Crippen LogP contribution in [-0.4, -0.2) is 61.8 Å². The molecule has 1 aliphatic rings. The number of carboxylic acids is 2. The molecule has 0 amide bonds. The Morgan fingerprint density at radius 1 is 1.12 bits per heavy atom. The van der Waals surface area contributed by atoms with Gasteiger partial charge in [0.1, 0.15) is 6.10 Å². The van der Waals surface area contributed by atoms with E-state index in [1.165, 1.54) is 24.3 Å². The molecule has 0 fully saturated rings. The summed E-state index contributed by atoms with van der Waals surface area (Å²) < 4.78 is 9.51. The Morgan fingerprint density at radius 3 is 2.38 bits per heavy atom. The van der Waals surface area contributed by atoms with Gasteiger partial charge in [0.2, 0.25) is 11.9 Å². The van der Waals surface area contributed by atoms with Crippen molar-refractivity contribution in [2.45, 2.75) is 18.3 Å². The topological polar surface area (TPSA) is 171 Å². The van der Waals surface area contributed by atoms with Gasteiger partial charge < -0.3 is 35.0 Å². The van der Waals surface area contributed by atoms with Crippen LogP contribution >= 0.6 is 0 Å². The number of hydrogen-bond acceptors (Lipinski definition) is 8. The lowest BCUT2D eigenvalue weighted by molar-refractivity contribution is -0.172. The second kappa shape index (κ2) is 7.57. The van der Waals surface area contributed by atoms with Crippen molar-refractivity contribution in [2.24, 2.45) is 0 Å². The zero-order valence-corrected chi connectivity index (χ0v) is 13.0. The lowest BCUT2D eigenvalue weighted by atomic mass is 10.0. The van der Waals surface area contributed by atoms with Crippen molar-refractivity contribution in [3.8, 4) is 11.5 Å². The molecule has 0 aliphatic carbocycles. The van der Waals surface area contributed by atoms with Gasteiger partial charge in [-0.05, 0) is 23.8 Å². The van der Waals surface area contributed by atoms with Gasteiger partial charge in [0.15, 0.2) is 17.6 Å². The molecule has 10 heteroatoms. The van der Waals surface area contributed by atoms with Crippen molar-refractivity contribution < 1.29 is 49.4 Å². The number of esters is 1. The number of ether oxygens (including phenoxy) is 2. The predicted molar refractivity (Wildman–Crippen MR) is 82.9 cm³/mol. The van der Waals surface area contributed by atoms with Crippen molar-refractivity contribution in [1.82, 2.24) is 0 Å². The highest BCUT2D eigenvalue weighted by atomic mass is 16.6. The van der Waals surface area contributed by atoms with Crippen molar-refractivity contribution in [2.75, 3.05) is 0 Å². The van der Waals surface area contributed by atoms with E-state index in [2.05, 4.69) is 4.74 Å². The Morgan fingerprint density at radius 2 is 1.81 bits per heavy atom. The number of aliphatic hydroxyl groups excluding tert-OH is 1. The van der Waals surface area contributed by atoms with Crippen LogP contribution in [0.5, 0.6) is 11.5 Å². The monoisotopic (exact) mass is 366 g/mol. The molecule has 0 saturated carbocycles. The van der Waals surface area contributed by atoms with E-state index in [4.69, 9.17) is 14.9 Å². The summed E-state index contributed by atoms with van der Waals surface area (Å²) in [6.45, 7) is 0. The van der Waals surface area contributed by atoms with Crippen LogP contribution in [0.1, 0.15) is 5.56 Å². The summed E-state index contributed by atoms with van der Waals surface area (Å²) in [7, 11) is 0. The van der Waals surface area contributed by atoms with Crippen LogP contribution in [0.15, 0.2) is 36.1 Å². The van der Waals surface area contributed by atoms with Crippen LogP contribution in [0.25, 0.3) is 6.08 Å². The predicted octanol–water partition coefficient (Wildman–Crippen LogP) is -0.164. The third-order valence-corrected chi connectivity index (χ3v) is 3.33. The van der Waals surface area contributed by atoms with Gasteiger partial charge in [-0.2, -0.15) is 0 Å². The average molecular weight is 366 g/mol. The first-order chi connectivity index (χ1) is 12.2. The minimum Gasteiger partial charge on any atom is -0.504 e. The maximum Gasteiger partial charge on any atom is 0.370 e. The molecule has 0 radical (unpaired) electrons. The molecule has 10 nitrogen and oxygen atoms in total. The summed E-state index contributed by atoms with van der Waals surface area (Å²) in [6, 6.07) is 3.76. The molecule has 0 aromatic heterocycles. The standard InChI is InChI=1S/C16H14O10/c17-8-3-1-7(5-9(8)18)2-4-12(19)25-10-6-11(15(21)22)26-14(13(10)20)16(23)24/h1-6,10,13-14,17-18,20H,(H,21,22)(H,23,24)/b4-2+/t10-,13+,14+/m1/s1. The Labute approximate surface area is 145 Å². The van der Waals surface area contributed by atoms with Crippen molar-refractivity contribution in [3.05, 3.63) is 41.7 Å². The average Bonchev–Trinajstić information content (AvgIpc) is 2.57. The Kier molecular flexibility index (Phi) is 5.48. The summed E-state index contributed by atoms with van der Waals surface area (Å²) in [4.78, 5) is 33.8. The Hall–Kier alpha value is -3.53. The maximum absolute atomic E-state index is 11.8. The summed E-state index contributed by atoms with van der Waals surface area (Å²) >= 11 is 0. The van der Waals surface area contributed by atoms with E-state index in [1.54, 1.807) is 0 Å². The van der Waals surface area contributed by atoms with Crippen molar-refractivity contribution >= 4 is 24.0 Å². The number of phenolic OH excluding ortho intramolecular Hbond substituents is 2. The second-order valence-corrected chi connectivity index (χ2v) is 5.19. The van der Waals surface area contributed by atoms with Crippen LogP contribution in [0.2, 0.25) is 0 Å². The first kappa shape index (κ1) is 18.8. The number of aliphatic carboxylic acids is 2. The third-order valence-electron chi connectivity index (χ3n) is 3.33. The first-order valence-electron chi connectivity index (χ1n) is 7.12. The van der Waals surface area contributed by atoms with Gasteiger partial charge in [0, 0.05) is 12.2 Å². The highest BCUT2D eigenvalue weighted by Gasteiger charge is 2.41. The smallest absolute Gasteiger partial charge is 0.370 e. The normalized spacial score (nSPS) is 22.3. The van der Waals surface area contributed by atoms with Gasteiger partial charge in [0.25, 0.3) is 0 Å². The van der Waals surface area contributed by atoms with E-state index in [1.807, 2.05) is 0 Å². The molecule has 1 aromatic rings. The van der Waals surface area contributed by atoms with Crippen LogP contribution in [0, 0.1) is 0 Å². The summed E-state index contributed by atoms with van der Waals surface area (Å²) in [6.07, 6.45) is -2.36. The van der Waals surface area contributed by atoms with Crippen LogP contribution < -0.4 is 0 Å². The van der Waals surface area contributed by atoms with E-state index in [0.29, 0.717) is 5.56 Å². The molecule has 5 N–H and O–H groups in total.